The highest BCUT2D eigenvalue weighted by atomic mass is 19.4. The summed E-state index contributed by atoms with van der Waals surface area (Å²) in [5, 5.41) is 10.5. The first-order chi connectivity index (χ1) is 13.9. The number of hydrogen-bond donors (Lipinski definition) is 1. The number of aromatic hydroxyl groups is 1. The Kier molecular flexibility index (Phi) is 5.05. The number of phenolic OH excluding ortho intramolecular Hbond substituents is 1. The number of phenols is 1. The summed E-state index contributed by atoms with van der Waals surface area (Å²) >= 11 is 0. The molecule has 1 N–H and O–H groups in total. The van der Waals surface area contributed by atoms with Crippen LogP contribution in [0.2, 0.25) is 0 Å². The largest absolute Gasteiger partial charge is 0.573 e. The molecule has 0 aliphatic carbocycles. The van der Waals surface area contributed by atoms with Gasteiger partial charge in [0.25, 0.3) is 0 Å². The summed E-state index contributed by atoms with van der Waals surface area (Å²) in [6, 6.07) is 14.9. The number of anilines is 1. The fraction of sp³-hybridized carbons (Fsp3) is 0.227. The van der Waals surface area contributed by atoms with E-state index in [1.165, 1.54) is 17.7 Å². The van der Waals surface area contributed by atoms with Crippen molar-refractivity contribution >= 4 is 22.8 Å². The number of rotatable bonds is 3. The van der Waals surface area contributed by atoms with Gasteiger partial charge in [-0.3, -0.25) is 0 Å². The van der Waals surface area contributed by atoms with Crippen molar-refractivity contribution in [1.29, 1.82) is 0 Å². The van der Waals surface area contributed by atoms with Crippen molar-refractivity contribution in [3.8, 4) is 11.5 Å². The van der Waals surface area contributed by atoms with E-state index in [2.05, 4.69) is 14.6 Å². The van der Waals surface area contributed by atoms with Gasteiger partial charge in [-0.05, 0) is 60.9 Å². The Morgan fingerprint density at radius 3 is 2.38 bits per heavy atom. The normalized spacial score (nSPS) is 14.9. The average molecular weight is 400 g/mol. The molecule has 1 aliphatic heterocycles. The maximum absolute atomic E-state index is 12.2. The fourth-order valence-electron chi connectivity index (χ4n) is 3.45. The third-order valence-electron chi connectivity index (χ3n) is 4.87. The van der Waals surface area contributed by atoms with Gasteiger partial charge in [-0.2, -0.15) is 0 Å². The zero-order valence-corrected chi connectivity index (χ0v) is 15.5. The fourth-order valence-corrected chi connectivity index (χ4v) is 3.45. The second kappa shape index (κ2) is 7.66. The van der Waals surface area contributed by atoms with Crippen LogP contribution >= 0.6 is 0 Å². The van der Waals surface area contributed by atoms with Crippen LogP contribution in [0.15, 0.2) is 60.2 Å². The van der Waals surface area contributed by atoms with E-state index in [4.69, 9.17) is 0 Å². The van der Waals surface area contributed by atoms with Crippen LogP contribution in [-0.4, -0.2) is 29.5 Å². The monoisotopic (exact) mass is 400 g/mol. The zero-order valence-electron chi connectivity index (χ0n) is 15.5. The summed E-state index contributed by atoms with van der Waals surface area (Å²) in [4.78, 5) is 6.89. The second-order valence-electron chi connectivity index (χ2n) is 6.95. The molecule has 0 radical (unpaired) electrons. The zero-order chi connectivity index (χ0) is 20.4. The number of nitrogens with zero attached hydrogens (tertiary/aromatic N) is 2. The number of piperidine rings is 1. The number of hydrogen-bond acceptors (Lipinski definition) is 4. The molecule has 150 valence electrons. The maximum Gasteiger partial charge on any atom is 0.573 e. The average Bonchev–Trinajstić information content (AvgIpc) is 2.69. The van der Waals surface area contributed by atoms with Gasteiger partial charge in [0.15, 0.2) is 0 Å². The van der Waals surface area contributed by atoms with Gasteiger partial charge in [0.2, 0.25) is 0 Å². The van der Waals surface area contributed by atoms with Crippen LogP contribution in [0.5, 0.6) is 11.5 Å². The molecule has 0 unspecified atom stereocenters. The minimum atomic E-state index is -4.68. The Bertz CT molecular complexity index is 1040. The molecule has 3 aromatic rings. The quantitative estimate of drug-likeness (QED) is 0.629. The molecule has 2 aromatic carbocycles. The number of fused-ring (bicyclic) bond motifs is 1. The van der Waals surface area contributed by atoms with Gasteiger partial charge in [-0.1, -0.05) is 23.8 Å². The lowest BCUT2D eigenvalue weighted by molar-refractivity contribution is -0.274. The third kappa shape index (κ3) is 4.80. The number of alkyl halides is 3. The lowest BCUT2D eigenvalue weighted by atomic mass is 10.0. The summed E-state index contributed by atoms with van der Waals surface area (Å²) in [6.45, 7) is 1.63. The molecule has 4 rings (SSSR count). The Hall–Kier alpha value is -3.22. The molecule has 0 amide bonds. The minimum absolute atomic E-state index is 0.217. The van der Waals surface area contributed by atoms with Crippen molar-refractivity contribution in [1.82, 2.24) is 4.98 Å². The number of benzene rings is 2. The standard InChI is InChI=1S/C22H19F3N2O2/c23-22(24,25)29-19-5-1-15(2-6-19)13-16-9-11-27(12-10-16)21-8-3-17-14-18(28)4-7-20(17)26-21/h1-8,13-14,28H,9-12H2. The van der Waals surface area contributed by atoms with E-state index in [9.17, 15) is 18.3 Å². The van der Waals surface area contributed by atoms with E-state index in [1.807, 2.05) is 18.2 Å². The molecular formula is C22H19F3N2O2. The van der Waals surface area contributed by atoms with Crippen LogP contribution in [0.1, 0.15) is 18.4 Å². The number of pyridine rings is 1. The van der Waals surface area contributed by atoms with E-state index in [0.29, 0.717) is 0 Å². The number of ether oxygens (including phenoxy) is 1. The van der Waals surface area contributed by atoms with Crippen molar-refractivity contribution in [3.63, 3.8) is 0 Å². The predicted molar refractivity (Wildman–Crippen MR) is 106 cm³/mol. The molecule has 4 nitrogen and oxygen atoms in total. The number of halogens is 3. The van der Waals surface area contributed by atoms with E-state index >= 15 is 0 Å². The van der Waals surface area contributed by atoms with Crippen molar-refractivity contribution in [3.05, 3.63) is 65.7 Å². The molecule has 1 aliphatic rings. The molecule has 0 bridgehead atoms. The molecule has 1 aromatic heterocycles. The molecule has 1 fully saturated rings. The first-order valence-corrected chi connectivity index (χ1v) is 9.26. The van der Waals surface area contributed by atoms with Crippen LogP contribution in [0.4, 0.5) is 19.0 Å². The van der Waals surface area contributed by atoms with Crippen molar-refractivity contribution in [2.45, 2.75) is 19.2 Å². The third-order valence-corrected chi connectivity index (χ3v) is 4.87. The molecule has 1 saturated heterocycles. The highest BCUT2D eigenvalue weighted by molar-refractivity contribution is 5.81. The summed E-state index contributed by atoms with van der Waals surface area (Å²) < 4.78 is 40.6. The Morgan fingerprint density at radius 2 is 1.69 bits per heavy atom. The summed E-state index contributed by atoms with van der Waals surface area (Å²) in [5.41, 5.74) is 2.94. The topological polar surface area (TPSA) is 45.6 Å². The van der Waals surface area contributed by atoms with Gasteiger partial charge in [-0.15, -0.1) is 13.2 Å². The smallest absolute Gasteiger partial charge is 0.508 e. The molecule has 0 saturated carbocycles. The van der Waals surface area contributed by atoms with Gasteiger partial charge >= 0.3 is 6.36 Å². The van der Waals surface area contributed by atoms with Crippen molar-refractivity contribution in [2.24, 2.45) is 0 Å². The minimum Gasteiger partial charge on any atom is -0.508 e. The molecule has 7 heteroatoms. The molecule has 29 heavy (non-hydrogen) atoms. The van der Waals surface area contributed by atoms with Gasteiger partial charge in [0, 0.05) is 18.5 Å². The second-order valence-corrected chi connectivity index (χ2v) is 6.95. The van der Waals surface area contributed by atoms with Crippen LogP contribution in [0.25, 0.3) is 17.0 Å². The van der Waals surface area contributed by atoms with Crippen LogP contribution < -0.4 is 9.64 Å². The first kappa shape index (κ1) is 19.1. The Balaban J connectivity index is 1.40. The summed E-state index contributed by atoms with van der Waals surface area (Å²) in [6.07, 6.45) is -0.943. The van der Waals surface area contributed by atoms with Crippen molar-refractivity contribution < 1.29 is 23.0 Å². The van der Waals surface area contributed by atoms with E-state index < -0.39 is 6.36 Å². The predicted octanol–water partition coefficient (Wildman–Crippen LogP) is 5.52. The van der Waals surface area contributed by atoms with Gasteiger partial charge < -0.3 is 14.7 Å². The Morgan fingerprint density at radius 1 is 0.966 bits per heavy atom. The van der Waals surface area contributed by atoms with Gasteiger partial charge in [-0.25, -0.2) is 4.98 Å². The van der Waals surface area contributed by atoms with Gasteiger partial charge in [0.1, 0.15) is 17.3 Å². The number of aromatic nitrogens is 1. The van der Waals surface area contributed by atoms with Crippen LogP contribution in [0, 0.1) is 0 Å². The van der Waals surface area contributed by atoms with E-state index in [-0.39, 0.29) is 11.5 Å². The summed E-state index contributed by atoms with van der Waals surface area (Å²) in [7, 11) is 0. The molecular weight excluding hydrogens is 381 g/mol. The van der Waals surface area contributed by atoms with Gasteiger partial charge in [0.05, 0.1) is 5.52 Å². The lowest BCUT2D eigenvalue weighted by Gasteiger charge is -2.29. The lowest BCUT2D eigenvalue weighted by Crippen LogP contribution is -2.31. The first-order valence-electron chi connectivity index (χ1n) is 9.26. The Labute approximate surface area is 165 Å². The van der Waals surface area contributed by atoms with Crippen LogP contribution in [-0.2, 0) is 0 Å². The van der Waals surface area contributed by atoms with E-state index in [0.717, 1.165) is 48.2 Å². The highest BCUT2D eigenvalue weighted by Crippen LogP contribution is 2.27. The SMILES string of the molecule is Oc1ccc2nc(N3CCC(=Cc4ccc(OC(F)(F)F)cc4)CC3)ccc2c1. The maximum atomic E-state index is 12.2. The molecule has 0 spiro atoms. The summed E-state index contributed by atoms with van der Waals surface area (Å²) in [5.74, 6) is 0.902. The highest BCUT2D eigenvalue weighted by Gasteiger charge is 2.30. The molecule has 2 heterocycles. The van der Waals surface area contributed by atoms with Crippen LogP contribution in [0.3, 0.4) is 0 Å². The van der Waals surface area contributed by atoms with Crippen molar-refractivity contribution in [2.75, 3.05) is 18.0 Å². The van der Waals surface area contributed by atoms with E-state index in [1.54, 1.807) is 30.3 Å². The molecule has 0 atom stereocenters.